The molecule has 110 valence electrons. The third-order valence-corrected chi connectivity index (χ3v) is 3.33. The molecule has 1 aromatic carbocycles. The zero-order valence-electron chi connectivity index (χ0n) is 11.9. The van der Waals surface area contributed by atoms with Crippen LogP contribution in [0, 0.1) is 5.92 Å². The Labute approximate surface area is 119 Å². The van der Waals surface area contributed by atoms with E-state index < -0.39 is 0 Å². The lowest BCUT2D eigenvalue weighted by Gasteiger charge is -2.22. The van der Waals surface area contributed by atoms with E-state index in [1.165, 1.54) is 0 Å². The van der Waals surface area contributed by atoms with Gasteiger partial charge in [-0.1, -0.05) is 6.07 Å². The second kappa shape index (κ2) is 7.87. The Balaban J connectivity index is 1.88. The predicted octanol–water partition coefficient (Wildman–Crippen LogP) is 1.65. The molecule has 0 saturated carbocycles. The van der Waals surface area contributed by atoms with E-state index in [9.17, 15) is 4.79 Å². The molecule has 1 aromatic rings. The first kappa shape index (κ1) is 14.8. The van der Waals surface area contributed by atoms with Gasteiger partial charge in [0, 0.05) is 25.4 Å². The van der Waals surface area contributed by atoms with Crippen LogP contribution in [0.2, 0.25) is 0 Å². The van der Waals surface area contributed by atoms with Crippen LogP contribution in [0.5, 0.6) is 5.75 Å². The normalized spacial score (nSPS) is 18.6. The van der Waals surface area contributed by atoms with Gasteiger partial charge in [0.25, 0.3) is 0 Å². The van der Waals surface area contributed by atoms with E-state index in [4.69, 9.17) is 9.47 Å². The summed E-state index contributed by atoms with van der Waals surface area (Å²) in [5.41, 5.74) is 0.774. The molecule has 2 N–H and O–H groups in total. The average Bonchev–Trinajstić information content (AvgIpc) is 2.49. The summed E-state index contributed by atoms with van der Waals surface area (Å²) in [7, 11) is 1.64. The van der Waals surface area contributed by atoms with E-state index >= 15 is 0 Å². The number of ether oxygens (including phenoxy) is 2. The summed E-state index contributed by atoms with van der Waals surface area (Å²) < 4.78 is 10.5. The maximum absolute atomic E-state index is 12.1. The summed E-state index contributed by atoms with van der Waals surface area (Å²) in [6.45, 7) is 2.81. The molecule has 1 fully saturated rings. The Morgan fingerprint density at radius 3 is 3.10 bits per heavy atom. The number of hydrogen-bond acceptors (Lipinski definition) is 4. The molecule has 0 radical (unpaired) electrons. The quantitative estimate of drug-likeness (QED) is 0.777. The number of carbonyl (C=O) groups excluding carboxylic acids is 1. The minimum Gasteiger partial charge on any atom is -0.491 e. The van der Waals surface area contributed by atoms with Crippen LogP contribution in [-0.4, -0.2) is 39.3 Å². The lowest BCUT2D eigenvalue weighted by molar-refractivity contribution is -0.120. The Kier molecular flexibility index (Phi) is 5.83. The average molecular weight is 278 g/mol. The smallest absolute Gasteiger partial charge is 0.228 e. The molecular weight excluding hydrogens is 256 g/mol. The first-order valence-electron chi connectivity index (χ1n) is 7.03. The van der Waals surface area contributed by atoms with Gasteiger partial charge in [0.15, 0.2) is 0 Å². The number of hydrogen-bond donors (Lipinski definition) is 2. The topological polar surface area (TPSA) is 59.6 Å². The summed E-state index contributed by atoms with van der Waals surface area (Å²) >= 11 is 0. The number of anilines is 1. The Morgan fingerprint density at radius 1 is 1.45 bits per heavy atom. The predicted molar refractivity (Wildman–Crippen MR) is 78.0 cm³/mol. The van der Waals surface area contributed by atoms with Gasteiger partial charge in [-0.15, -0.1) is 0 Å². The van der Waals surface area contributed by atoms with Crippen LogP contribution in [0.4, 0.5) is 5.69 Å². The molecule has 0 spiro atoms. The van der Waals surface area contributed by atoms with Crippen molar-refractivity contribution in [2.45, 2.75) is 12.8 Å². The van der Waals surface area contributed by atoms with Crippen LogP contribution in [0.15, 0.2) is 24.3 Å². The molecule has 0 bridgehead atoms. The number of amides is 1. The molecule has 0 unspecified atom stereocenters. The number of benzene rings is 1. The van der Waals surface area contributed by atoms with E-state index in [0.29, 0.717) is 13.2 Å². The Morgan fingerprint density at radius 2 is 2.35 bits per heavy atom. The van der Waals surface area contributed by atoms with Crippen LogP contribution in [0.1, 0.15) is 12.8 Å². The summed E-state index contributed by atoms with van der Waals surface area (Å²) in [6, 6.07) is 7.45. The monoisotopic (exact) mass is 278 g/mol. The molecule has 1 aliphatic heterocycles. The SMILES string of the molecule is COCCOc1cccc(NC(=O)[C@@H]2CCCNC2)c1. The van der Waals surface area contributed by atoms with Crippen molar-refractivity contribution < 1.29 is 14.3 Å². The van der Waals surface area contributed by atoms with Crippen LogP contribution >= 0.6 is 0 Å². The number of piperidine rings is 1. The summed E-state index contributed by atoms with van der Waals surface area (Å²) in [6.07, 6.45) is 2.00. The number of methoxy groups -OCH3 is 1. The van der Waals surface area contributed by atoms with Crippen molar-refractivity contribution in [3.8, 4) is 5.75 Å². The zero-order chi connectivity index (χ0) is 14.2. The summed E-state index contributed by atoms with van der Waals surface area (Å²) in [5.74, 6) is 0.870. The minimum absolute atomic E-state index is 0.0572. The minimum atomic E-state index is 0.0572. The van der Waals surface area contributed by atoms with Gasteiger partial charge in [-0.05, 0) is 31.5 Å². The maximum atomic E-state index is 12.1. The molecular formula is C15H22N2O3. The van der Waals surface area contributed by atoms with Gasteiger partial charge < -0.3 is 20.1 Å². The molecule has 1 amide bonds. The zero-order valence-corrected chi connectivity index (χ0v) is 11.9. The molecule has 1 aliphatic rings. The first-order chi connectivity index (χ1) is 9.79. The lowest BCUT2D eigenvalue weighted by atomic mass is 9.99. The second-order valence-electron chi connectivity index (χ2n) is 4.90. The van der Waals surface area contributed by atoms with E-state index in [1.807, 2.05) is 24.3 Å². The fraction of sp³-hybridized carbons (Fsp3) is 0.533. The van der Waals surface area contributed by atoms with E-state index in [2.05, 4.69) is 10.6 Å². The number of rotatable bonds is 6. The van der Waals surface area contributed by atoms with Crippen molar-refractivity contribution in [3.63, 3.8) is 0 Å². The molecule has 1 heterocycles. The first-order valence-corrected chi connectivity index (χ1v) is 7.03. The highest BCUT2D eigenvalue weighted by molar-refractivity contribution is 5.92. The maximum Gasteiger partial charge on any atom is 0.228 e. The molecule has 0 aliphatic carbocycles. The van der Waals surface area contributed by atoms with Crippen molar-refractivity contribution in [1.82, 2.24) is 5.32 Å². The highest BCUT2D eigenvalue weighted by Crippen LogP contribution is 2.19. The number of nitrogens with one attached hydrogen (secondary N) is 2. The van der Waals surface area contributed by atoms with E-state index in [-0.39, 0.29) is 11.8 Å². The van der Waals surface area contributed by atoms with Gasteiger partial charge in [0.2, 0.25) is 5.91 Å². The third kappa shape index (κ3) is 4.51. The largest absolute Gasteiger partial charge is 0.491 e. The Hall–Kier alpha value is -1.59. The van der Waals surface area contributed by atoms with Crippen molar-refractivity contribution in [2.24, 2.45) is 5.92 Å². The highest BCUT2D eigenvalue weighted by atomic mass is 16.5. The van der Waals surface area contributed by atoms with Crippen LogP contribution in [0.25, 0.3) is 0 Å². The molecule has 2 rings (SSSR count). The van der Waals surface area contributed by atoms with Crippen molar-refractivity contribution in [3.05, 3.63) is 24.3 Å². The van der Waals surface area contributed by atoms with Crippen LogP contribution in [-0.2, 0) is 9.53 Å². The second-order valence-corrected chi connectivity index (χ2v) is 4.90. The Bertz CT molecular complexity index is 431. The fourth-order valence-corrected chi connectivity index (χ4v) is 2.23. The van der Waals surface area contributed by atoms with Crippen molar-refractivity contribution in [1.29, 1.82) is 0 Å². The van der Waals surface area contributed by atoms with Gasteiger partial charge in [-0.25, -0.2) is 0 Å². The highest BCUT2D eigenvalue weighted by Gasteiger charge is 2.20. The molecule has 5 heteroatoms. The standard InChI is InChI=1S/C15H22N2O3/c1-19-8-9-20-14-6-2-5-13(10-14)17-15(18)12-4-3-7-16-11-12/h2,5-6,10,12,16H,3-4,7-9,11H2,1H3,(H,17,18)/t12-/m1/s1. The van der Waals surface area contributed by atoms with E-state index in [0.717, 1.165) is 37.4 Å². The molecule has 20 heavy (non-hydrogen) atoms. The molecule has 1 saturated heterocycles. The van der Waals surface area contributed by atoms with Gasteiger partial charge in [-0.3, -0.25) is 4.79 Å². The van der Waals surface area contributed by atoms with Gasteiger partial charge >= 0.3 is 0 Å². The van der Waals surface area contributed by atoms with Crippen molar-refractivity contribution in [2.75, 3.05) is 38.7 Å². The molecule has 5 nitrogen and oxygen atoms in total. The van der Waals surface area contributed by atoms with Crippen molar-refractivity contribution >= 4 is 11.6 Å². The summed E-state index contributed by atoms with van der Waals surface area (Å²) in [5, 5.41) is 6.20. The fourth-order valence-electron chi connectivity index (χ4n) is 2.23. The lowest BCUT2D eigenvalue weighted by Crippen LogP contribution is -2.37. The molecule has 0 aromatic heterocycles. The van der Waals surface area contributed by atoms with Crippen LogP contribution < -0.4 is 15.4 Å². The van der Waals surface area contributed by atoms with Gasteiger partial charge in [0.05, 0.1) is 12.5 Å². The number of carbonyl (C=O) groups is 1. The molecule has 1 atom stereocenters. The summed E-state index contributed by atoms with van der Waals surface area (Å²) in [4.78, 5) is 12.1. The van der Waals surface area contributed by atoms with E-state index in [1.54, 1.807) is 7.11 Å². The van der Waals surface area contributed by atoms with Gasteiger partial charge in [0.1, 0.15) is 12.4 Å². The van der Waals surface area contributed by atoms with Crippen LogP contribution in [0.3, 0.4) is 0 Å². The third-order valence-electron chi connectivity index (χ3n) is 3.33. The van der Waals surface area contributed by atoms with Gasteiger partial charge in [-0.2, -0.15) is 0 Å².